The maximum Gasteiger partial charge on any atom is 0.0361 e. The Labute approximate surface area is 99.0 Å². The average Bonchev–Trinajstić information content (AvgIpc) is 3.10. The van der Waals surface area contributed by atoms with Crippen LogP contribution >= 0.6 is 0 Å². The van der Waals surface area contributed by atoms with Crippen LogP contribution in [0.25, 0.3) is 0 Å². The first kappa shape index (κ1) is 11.0. The summed E-state index contributed by atoms with van der Waals surface area (Å²) in [7, 11) is 4.62. The summed E-state index contributed by atoms with van der Waals surface area (Å²) in [5, 5.41) is 0. The van der Waals surface area contributed by atoms with Gasteiger partial charge in [0, 0.05) is 30.2 Å². The first-order chi connectivity index (χ1) is 7.66. The zero-order valence-electron chi connectivity index (χ0n) is 10.7. The Morgan fingerprint density at radius 1 is 1.19 bits per heavy atom. The minimum atomic E-state index is 0.319. The van der Waals surface area contributed by atoms with Crippen molar-refractivity contribution in [3.8, 4) is 0 Å². The Bertz CT molecular complexity index is 260. The standard InChI is InChI=1S/C13H25N3/c1-15-11-5-6-12(15)8-13(7-11,9-14)16(2)10-3-4-10/h10-12H,3-9,14H2,1-2H3. The van der Waals surface area contributed by atoms with Crippen molar-refractivity contribution in [3.63, 3.8) is 0 Å². The lowest BCUT2D eigenvalue weighted by molar-refractivity contribution is 0.0116. The van der Waals surface area contributed by atoms with Gasteiger partial charge in [-0.05, 0) is 52.6 Å². The van der Waals surface area contributed by atoms with Crippen molar-refractivity contribution in [2.45, 2.75) is 62.2 Å². The Hall–Kier alpha value is -0.120. The van der Waals surface area contributed by atoms with E-state index in [0.717, 1.165) is 24.7 Å². The molecule has 3 fully saturated rings. The van der Waals surface area contributed by atoms with Crippen molar-refractivity contribution in [1.82, 2.24) is 9.80 Å². The van der Waals surface area contributed by atoms with Crippen molar-refractivity contribution >= 4 is 0 Å². The molecule has 3 rings (SSSR count). The summed E-state index contributed by atoms with van der Waals surface area (Å²) < 4.78 is 0. The van der Waals surface area contributed by atoms with E-state index in [0.29, 0.717) is 5.54 Å². The summed E-state index contributed by atoms with van der Waals surface area (Å²) in [5.41, 5.74) is 6.46. The maximum atomic E-state index is 6.14. The Morgan fingerprint density at radius 3 is 2.19 bits per heavy atom. The number of nitrogens with zero attached hydrogens (tertiary/aromatic N) is 2. The molecule has 0 aromatic carbocycles. The van der Waals surface area contributed by atoms with Crippen molar-refractivity contribution in [3.05, 3.63) is 0 Å². The second-order valence-electron chi connectivity index (χ2n) is 6.23. The van der Waals surface area contributed by atoms with Crippen molar-refractivity contribution in [2.75, 3.05) is 20.6 Å². The third-order valence-corrected chi connectivity index (χ3v) is 5.44. The minimum absolute atomic E-state index is 0.319. The Morgan fingerprint density at radius 2 is 1.75 bits per heavy atom. The number of rotatable bonds is 3. The van der Waals surface area contributed by atoms with Gasteiger partial charge in [-0.15, -0.1) is 0 Å². The Kier molecular flexibility index (Phi) is 2.54. The average molecular weight is 223 g/mol. The molecule has 2 heterocycles. The molecule has 2 atom stereocenters. The minimum Gasteiger partial charge on any atom is -0.329 e. The van der Waals surface area contributed by atoms with E-state index in [-0.39, 0.29) is 0 Å². The van der Waals surface area contributed by atoms with Gasteiger partial charge in [-0.3, -0.25) is 4.90 Å². The molecule has 1 aliphatic carbocycles. The lowest BCUT2D eigenvalue weighted by atomic mass is 9.81. The van der Waals surface area contributed by atoms with Crippen LogP contribution in [0.2, 0.25) is 0 Å². The van der Waals surface area contributed by atoms with Gasteiger partial charge in [0.2, 0.25) is 0 Å². The van der Waals surface area contributed by atoms with Crippen LogP contribution in [0.5, 0.6) is 0 Å². The van der Waals surface area contributed by atoms with Crippen LogP contribution in [-0.2, 0) is 0 Å². The molecule has 0 aromatic rings. The molecule has 2 aliphatic heterocycles. The summed E-state index contributed by atoms with van der Waals surface area (Å²) in [6.45, 7) is 0.848. The van der Waals surface area contributed by atoms with Crippen LogP contribution in [0.1, 0.15) is 38.5 Å². The largest absolute Gasteiger partial charge is 0.329 e. The van der Waals surface area contributed by atoms with E-state index in [1.165, 1.54) is 38.5 Å². The third-order valence-electron chi connectivity index (χ3n) is 5.44. The van der Waals surface area contributed by atoms with E-state index in [1.54, 1.807) is 0 Å². The van der Waals surface area contributed by atoms with E-state index < -0.39 is 0 Å². The highest BCUT2D eigenvalue weighted by molar-refractivity contribution is 5.08. The first-order valence-electron chi connectivity index (χ1n) is 6.81. The normalized spacial score (nSPS) is 44.2. The van der Waals surface area contributed by atoms with Gasteiger partial charge in [0.15, 0.2) is 0 Å². The van der Waals surface area contributed by atoms with Gasteiger partial charge in [0.25, 0.3) is 0 Å². The van der Waals surface area contributed by atoms with Crippen molar-refractivity contribution in [2.24, 2.45) is 5.73 Å². The molecule has 0 aromatic heterocycles. The van der Waals surface area contributed by atoms with E-state index in [1.807, 2.05) is 0 Å². The number of fused-ring (bicyclic) bond motifs is 2. The van der Waals surface area contributed by atoms with E-state index in [9.17, 15) is 0 Å². The van der Waals surface area contributed by atoms with E-state index in [4.69, 9.17) is 5.73 Å². The fraction of sp³-hybridized carbons (Fsp3) is 1.00. The quantitative estimate of drug-likeness (QED) is 0.776. The van der Waals surface area contributed by atoms with Gasteiger partial charge in [-0.2, -0.15) is 0 Å². The molecular weight excluding hydrogens is 198 g/mol. The van der Waals surface area contributed by atoms with Crippen LogP contribution in [0.15, 0.2) is 0 Å². The van der Waals surface area contributed by atoms with Crippen molar-refractivity contribution < 1.29 is 0 Å². The first-order valence-corrected chi connectivity index (χ1v) is 6.81. The van der Waals surface area contributed by atoms with Crippen LogP contribution in [0, 0.1) is 0 Å². The highest BCUT2D eigenvalue weighted by Crippen LogP contribution is 2.44. The molecule has 3 nitrogen and oxygen atoms in total. The molecule has 0 amide bonds. The van der Waals surface area contributed by atoms with Gasteiger partial charge in [-0.1, -0.05) is 0 Å². The second kappa shape index (κ2) is 3.69. The van der Waals surface area contributed by atoms with Gasteiger partial charge < -0.3 is 10.6 Å². The lowest BCUT2D eigenvalue weighted by Crippen LogP contribution is -2.61. The van der Waals surface area contributed by atoms with Gasteiger partial charge >= 0.3 is 0 Å². The molecule has 1 saturated carbocycles. The zero-order valence-corrected chi connectivity index (χ0v) is 10.7. The molecule has 2 unspecified atom stereocenters. The third kappa shape index (κ3) is 1.52. The van der Waals surface area contributed by atoms with Gasteiger partial charge in [0.05, 0.1) is 0 Å². The van der Waals surface area contributed by atoms with E-state index >= 15 is 0 Å². The molecule has 3 aliphatic rings. The fourth-order valence-corrected chi connectivity index (χ4v) is 3.99. The van der Waals surface area contributed by atoms with Crippen LogP contribution in [0.3, 0.4) is 0 Å². The fourth-order valence-electron chi connectivity index (χ4n) is 3.99. The topological polar surface area (TPSA) is 32.5 Å². The molecule has 2 N–H and O–H groups in total. The number of piperidine rings is 1. The zero-order chi connectivity index (χ0) is 11.3. The smallest absolute Gasteiger partial charge is 0.0361 e. The molecule has 0 radical (unpaired) electrons. The summed E-state index contributed by atoms with van der Waals surface area (Å²) in [6.07, 6.45) is 8.16. The summed E-state index contributed by atoms with van der Waals surface area (Å²) in [6, 6.07) is 2.43. The summed E-state index contributed by atoms with van der Waals surface area (Å²) in [4.78, 5) is 5.24. The molecule has 3 heteroatoms. The predicted molar refractivity (Wildman–Crippen MR) is 66.4 cm³/mol. The van der Waals surface area contributed by atoms with Crippen LogP contribution < -0.4 is 5.73 Å². The summed E-state index contributed by atoms with van der Waals surface area (Å²) in [5.74, 6) is 0. The molecule has 0 spiro atoms. The van der Waals surface area contributed by atoms with Crippen LogP contribution in [-0.4, -0.2) is 54.1 Å². The maximum absolute atomic E-state index is 6.14. The van der Waals surface area contributed by atoms with Crippen LogP contribution in [0.4, 0.5) is 0 Å². The molecular formula is C13H25N3. The molecule has 92 valence electrons. The molecule has 16 heavy (non-hydrogen) atoms. The molecule has 2 saturated heterocycles. The van der Waals surface area contributed by atoms with Gasteiger partial charge in [0.1, 0.15) is 0 Å². The SMILES string of the molecule is CN1C2CCC1CC(CN)(N(C)C1CC1)C2. The number of hydrogen-bond acceptors (Lipinski definition) is 3. The summed E-state index contributed by atoms with van der Waals surface area (Å²) >= 11 is 0. The number of hydrogen-bond donors (Lipinski definition) is 1. The van der Waals surface area contributed by atoms with Crippen molar-refractivity contribution in [1.29, 1.82) is 0 Å². The predicted octanol–water partition coefficient (Wildman–Crippen LogP) is 1.03. The highest BCUT2D eigenvalue weighted by Gasteiger charge is 2.50. The Balaban J connectivity index is 1.81. The van der Waals surface area contributed by atoms with Gasteiger partial charge in [-0.25, -0.2) is 0 Å². The monoisotopic (exact) mass is 223 g/mol. The lowest BCUT2D eigenvalue weighted by Gasteiger charge is -2.50. The highest BCUT2D eigenvalue weighted by atomic mass is 15.3. The number of nitrogens with two attached hydrogens (primary N) is 1. The number of likely N-dealkylation sites (N-methyl/N-ethyl adjacent to an activating group) is 1. The molecule has 2 bridgehead atoms. The second-order valence-corrected chi connectivity index (χ2v) is 6.23. The van der Waals surface area contributed by atoms with E-state index in [2.05, 4.69) is 23.9 Å².